The molecular formula is C14H20F3N. The van der Waals surface area contributed by atoms with Crippen molar-refractivity contribution in [3.8, 4) is 0 Å². The number of halogens is 3. The van der Waals surface area contributed by atoms with Gasteiger partial charge in [0, 0.05) is 6.04 Å². The molecule has 0 saturated carbocycles. The van der Waals surface area contributed by atoms with E-state index >= 15 is 0 Å². The maximum atomic E-state index is 12.4. The van der Waals surface area contributed by atoms with Gasteiger partial charge in [0.15, 0.2) is 0 Å². The fourth-order valence-corrected chi connectivity index (χ4v) is 1.94. The summed E-state index contributed by atoms with van der Waals surface area (Å²) in [7, 11) is 0. The van der Waals surface area contributed by atoms with Crippen LogP contribution >= 0.6 is 0 Å². The summed E-state index contributed by atoms with van der Waals surface area (Å²) in [6.07, 6.45) is -1.78. The van der Waals surface area contributed by atoms with E-state index in [1.54, 1.807) is 0 Å². The number of hydrogen-bond donors (Lipinski definition) is 1. The molecule has 0 spiro atoms. The maximum absolute atomic E-state index is 12.4. The number of nitrogens with two attached hydrogens (primary N) is 1. The molecule has 0 aliphatic carbocycles. The quantitative estimate of drug-likeness (QED) is 0.849. The topological polar surface area (TPSA) is 26.0 Å². The van der Waals surface area contributed by atoms with Gasteiger partial charge in [-0.15, -0.1) is 0 Å². The highest BCUT2D eigenvalue weighted by molar-refractivity contribution is 5.24. The van der Waals surface area contributed by atoms with Crippen molar-refractivity contribution in [3.05, 3.63) is 35.4 Å². The third-order valence-electron chi connectivity index (χ3n) is 2.86. The van der Waals surface area contributed by atoms with Crippen molar-refractivity contribution in [1.29, 1.82) is 0 Å². The molecule has 0 radical (unpaired) electrons. The molecule has 18 heavy (non-hydrogen) atoms. The Morgan fingerprint density at radius 2 is 1.67 bits per heavy atom. The van der Waals surface area contributed by atoms with Crippen LogP contribution in [-0.4, -0.2) is 6.04 Å². The fourth-order valence-electron chi connectivity index (χ4n) is 1.94. The van der Waals surface area contributed by atoms with Crippen molar-refractivity contribution in [2.75, 3.05) is 0 Å². The lowest BCUT2D eigenvalue weighted by molar-refractivity contribution is -0.137. The van der Waals surface area contributed by atoms with Gasteiger partial charge in [-0.1, -0.05) is 26.0 Å². The molecule has 0 amide bonds. The molecule has 0 fully saturated rings. The predicted molar refractivity (Wildman–Crippen MR) is 67.2 cm³/mol. The van der Waals surface area contributed by atoms with E-state index in [4.69, 9.17) is 5.73 Å². The molecule has 0 heterocycles. The first-order valence-corrected chi connectivity index (χ1v) is 6.20. The van der Waals surface area contributed by atoms with Crippen LogP contribution in [0.1, 0.15) is 37.8 Å². The van der Waals surface area contributed by atoms with Gasteiger partial charge in [0.1, 0.15) is 0 Å². The van der Waals surface area contributed by atoms with E-state index in [1.807, 2.05) is 0 Å². The largest absolute Gasteiger partial charge is 0.416 e. The second-order valence-electron chi connectivity index (χ2n) is 5.12. The van der Waals surface area contributed by atoms with Gasteiger partial charge in [-0.05, 0) is 42.9 Å². The fraction of sp³-hybridized carbons (Fsp3) is 0.571. The Morgan fingerprint density at radius 1 is 1.11 bits per heavy atom. The first-order valence-electron chi connectivity index (χ1n) is 6.20. The van der Waals surface area contributed by atoms with Gasteiger partial charge in [0.05, 0.1) is 5.56 Å². The van der Waals surface area contributed by atoms with Gasteiger partial charge >= 0.3 is 6.18 Å². The van der Waals surface area contributed by atoms with Gasteiger partial charge in [-0.25, -0.2) is 0 Å². The average molecular weight is 259 g/mol. The summed E-state index contributed by atoms with van der Waals surface area (Å²) in [5.74, 6) is 0.549. The van der Waals surface area contributed by atoms with Gasteiger partial charge in [-0.2, -0.15) is 13.2 Å². The van der Waals surface area contributed by atoms with Crippen molar-refractivity contribution in [1.82, 2.24) is 0 Å². The van der Waals surface area contributed by atoms with Gasteiger partial charge in [0.2, 0.25) is 0 Å². The van der Waals surface area contributed by atoms with Crippen LogP contribution < -0.4 is 5.73 Å². The molecule has 1 aromatic carbocycles. The van der Waals surface area contributed by atoms with Crippen molar-refractivity contribution in [2.45, 2.75) is 45.3 Å². The number of rotatable bonds is 5. The van der Waals surface area contributed by atoms with Gasteiger partial charge in [0.25, 0.3) is 0 Å². The molecule has 1 rings (SSSR count). The van der Waals surface area contributed by atoms with Crippen LogP contribution in [0.25, 0.3) is 0 Å². The average Bonchev–Trinajstić information content (AvgIpc) is 2.25. The Bertz CT molecular complexity index is 354. The third-order valence-corrected chi connectivity index (χ3v) is 2.86. The minimum Gasteiger partial charge on any atom is -0.328 e. The molecule has 4 heteroatoms. The molecule has 2 N–H and O–H groups in total. The molecule has 1 nitrogen and oxygen atoms in total. The van der Waals surface area contributed by atoms with E-state index in [-0.39, 0.29) is 6.04 Å². The summed E-state index contributed by atoms with van der Waals surface area (Å²) in [5.41, 5.74) is 6.25. The lowest BCUT2D eigenvalue weighted by atomic mass is 9.98. The van der Waals surface area contributed by atoms with Gasteiger partial charge in [-0.3, -0.25) is 0 Å². The highest BCUT2D eigenvalue weighted by atomic mass is 19.4. The second-order valence-corrected chi connectivity index (χ2v) is 5.12. The first-order chi connectivity index (χ1) is 8.29. The number of alkyl halides is 3. The zero-order chi connectivity index (χ0) is 13.8. The number of aryl methyl sites for hydroxylation is 1. The zero-order valence-electron chi connectivity index (χ0n) is 10.8. The minimum atomic E-state index is -4.26. The lowest BCUT2D eigenvalue weighted by Gasteiger charge is -2.14. The normalized spacial score (nSPS) is 13.9. The van der Waals surface area contributed by atoms with Crippen LogP contribution in [0.2, 0.25) is 0 Å². The molecular weight excluding hydrogens is 239 g/mol. The molecule has 0 saturated heterocycles. The van der Waals surface area contributed by atoms with E-state index in [9.17, 15) is 13.2 Å². The highest BCUT2D eigenvalue weighted by Crippen LogP contribution is 2.29. The summed E-state index contributed by atoms with van der Waals surface area (Å²) in [5, 5.41) is 0. The Kier molecular flexibility index (Phi) is 5.20. The molecule has 0 aliphatic rings. The molecule has 1 aromatic rings. The van der Waals surface area contributed by atoms with Crippen molar-refractivity contribution in [2.24, 2.45) is 11.7 Å². The minimum absolute atomic E-state index is 0.118. The Morgan fingerprint density at radius 3 is 2.11 bits per heavy atom. The Balaban J connectivity index is 2.49. The molecule has 102 valence electrons. The summed E-state index contributed by atoms with van der Waals surface area (Å²) < 4.78 is 37.1. The predicted octanol–water partition coefficient (Wildman–Crippen LogP) is 4.01. The van der Waals surface area contributed by atoms with Gasteiger partial charge < -0.3 is 5.73 Å². The molecule has 0 aliphatic heterocycles. The second kappa shape index (κ2) is 6.23. The Hall–Kier alpha value is -1.03. The lowest BCUT2D eigenvalue weighted by Crippen LogP contribution is -2.22. The first kappa shape index (κ1) is 15.0. The summed E-state index contributed by atoms with van der Waals surface area (Å²) >= 11 is 0. The van der Waals surface area contributed by atoms with Crippen LogP contribution in [0.4, 0.5) is 13.2 Å². The monoisotopic (exact) mass is 259 g/mol. The molecule has 1 atom stereocenters. The SMILES string of the molecule is CC(C)CC(N)CCc1ccc(C(F)(F)F)cc1. The van der Waals surface area contributed by atoms with Crippen molar-refractivity contribution in [3.63, 3.8) is 0 Å². The molecule has 0 bridgehead atoms. The van der Waals surface area contributed by atoms with E-state index in [0.717, 1.165) is 37.0 Å². The molecule has 0 aromatic heterocycles. The van der Waals surface area contributed by atoms with Crippen LogP contribution in [0.3, 0.4) is 0 Å². The zero-order valence-corrected chi connectivity index (χ0v) is 10.8. The maximum Gasteiger partial charge on any atom is 0.416 e. The number of hydrogen-bond acceptors (Lipinski definition) is 1. The van der Waals surface area contributed by atoms with Crippen molar-refractivity contribution >= 4 is 0 Å². The summed E-state index contributed by atoms with van der Waals surface area (Å²) in [4.78, 5) is 0. The van der Waals surface area contributed by atoms with Crippen LogP contribution in [0.15, 0.2) is 24.3 Å². The Labute approximate surface area is 106 Å². The van der Waals surface area contributed by atoms with Crippen molar-refractivity contribution < 1.29 is 13.2 Å². The summed E-state index contributed by atoms with van der Waals surface area (Å²) in [6.45, 7) is 4.22. The molecule has 1 unspecified atom stereocenters. The smallest absolute Gasteiger partial charge is 0.328 e. The summed E-state index contributed by atoms with van der Waals surface area (Å²) in [6, 6.07) is 5.44. The van der Waals surface area contributed by atoms with Crippen LogP contribution in [0.5, 0.6) is 0 Å². The van der Waals surface area contributed by atoms with E-state index in [0.29, 0.717) is 5.92 Å². The van der Waals surface area contributed by atoms with Crippen LogP contribution in [-0.2, 0) is 12.6 Å². The standard InChI is InChI=1S/C14H20F3N/c1-10(2)9-13(18)8-5-11-3-6-12(7-4-11)14(15,16)17/h3-4,6-7,10,13H,5,8-9,18H2,1-2H3. The van der Waals surface area contributed by atoms with E-state index < -0.39 is 11.7 Å². The third kappa shape index (κ3) is 5.08. The van der Waals surface area contributed by atoms with E-state index in [1.165, 1.54) is 12.1 Å². The van der Waals surface area contributed by atoms with Crippen LogP contribution in [0, 0.1) is 5.92 Å². The van der Waals surface area contributed by atoms with E-state index in [2.05, 4.69) is 13.8 Å². The highest BCUT2D eigenvalue weighted by Gasteiger charge is 2.29. The number of benzene rings is 1.